The summed E-state index contributed by atoms with van der Waals surface area (Å²) < 4.78 is 39.0. The number of nitrogens with one attached hydrogen (secondary N) is 1. The molecule has 10 heteroatoms. The summed E-state index contributed by atoms with van der Waals surface area (Å²) in [5.41, 5.74) is 3.63. The van der Waals surface area contributed by atoms with Crippen LogP contribution in [0.1, 0.15) is 27.4 Å². The van der Waals surface area contributed by atoms with Gasteiger partial charge in [-0.1, -0.05) is 41.9 Å². The Balaban J connectivity index is 1.47. The number of ether oxygens (including phenoxy) is 1. The number of methoxy groups -OCH3 is 1. The Kier molecular flexibility index (Phi) is 8.39. The molecule has 8 nitrogen and oxygen atoms in total. The quantitative estimate of drug-likeness (QED) is 0.224. The molecule has 0 spiro atoms. The fourth-order valence-corrected chi connectivity index (χ4v) is 4.99. The molecule has 1 amide bonds. The van der Waals surface area contributed by atoms with Crippen LogP contribution in [0, 0.1) is 0 Å². The molecule has 0 saturated heterocycles. The Hall–Kier alpha value is -3.92. The first kappa shape index (κ1) is 26.2. The molecule has 1 N–H and O–H groups in total. The van der Waals surface area contributed by atoms with E-state index in [1.165, 1.54) is 10.5 Å². The van der Waals surface area contributed by atoms with Gasteiger partial charge in [0, 0.05) is 17.1 Å². The average Bonchev–Trinajstić information content (AvgIpc) is 3.37. The monoisotopic (exact) mass is 537 g/mol. The molecule has 4 aromatic rings. The molecule has 0 saturated carbocycles. The lowest BCUT2D eigenvalue weighted by Crippen LogP contribution is -2.30. The van der Waals surface area contributed by atoms with Crippen molar-refractivity contribution in [2.45, 2.75) is 18.0 Å². The summed E-state index contributed by atoms with van der Waals surface area (Å²) in [7, 11) is -2.27. The molecule has 3 aromatic carbocycles. The molecule has 0 unspecified atom stereocenters. The minimum atomic E-state index is -3.82. The van der Waals surface area contributed by atoms with Gasteiger partial charge in [-0.3, -0.25) is 4.79 Å². The molecule has 0 atom stereocenters. The number of hydrogen-bond donors (Lipinski definition) is 1. The largest absolute Gasteiger partial charge is 0.497 e. The Morgan fingerprint density at radius 1 is 0.973 bits per heavy atom. The van der Waals surface area contributed by atoms with E-state index >= 15 is 0 Å². The van der Waals surface area contributed by atoms with Gasteiger partial charge < -0.3 is 9.15 Å². The Morgan fingerprint density at radius 2 is 1.68 bits per heavy atom. The zero-order chi connectivity index (χ0) is 26.3. The van der Waals surface area contributed by atoms with E-state index in [0.717, 1.165) is 5.56 Å². The third-order valence-corrected chi connectivity index (χ3v) is 7.44. The number of carbonyl (C=O) groups excluding carboxylic acids is 1. The van der Waals surface area contributed by atoms with Crippen molar-refractivity contribution in [1.82, 2.24) is 9.73 Å². The number of furan rings is 1. The van der Waals surface area contributed by atoms with Crippen molar-refractivity contribution in [3.8, 4) is 5.75 Å². The van der Waals surface area contributed by atoms with Crippen molar-refractivity contribution in [2.75, 3.05) is 7.11 Å². The molecule has 1 aromatic heterocycles. The third-order valence-electron chi connectivity index (χ3n) is 5.38. The summed E-state index contributed by atoms with van der Waals surface area (Å²) in [6, 6.07) is 25.1. The molecule has 0 aliphatic rings. The van der Waals surface area contributed by atoms with Gasteiger partial charge >= 0.3 is 0 Å². The highest BCUT2D eigenvalue weighted by atomic mass is 35.5. The Labute approximate surface area is 220 Å². The van der Waals surface area contributed by atoms with Crippen LogP contribution in [0.4, 0.5) is 0 Å². The molecule has 0 aliphatic carbocycles. The maximum absolute atomic E-state index is 13.4. The van der Waals surface area contributed by atoms with E-state index < -0.39 is 15.9 Å². The van der Waals surface area contributed by atoms with Gasteiger partial charge in [-0.05, 0) is 66.2 Å². The summed E-state index contributed by atoms with van der Waals surface area (Å²) in [4.78, 5) is 12.4. The standard InChI is InChI=1S/C27H24ClN3O5S/c1-35-23-13-9-21(10-14-23)27(32)30-29-17-24-15-16-25(36-24)19-31(18-20-7-11-22(28)12-8-20)37(33,34)26-5-3-2-4-6-26/h2-17H,18-19H2,1H3,(H,30,32)/b29-17-. The molecule has 0 radical (unpaired) electrons. The molecular weight excluding hydrogens is 514 g/mol. The Bertz CT molecular complexity index is 1470. The third kappa shape index (κ3) is 6.85. The molecule has 190 valence electrons. The lowest BCUT2D eigenvalue weighted by Gasteiger charge is -2.21. The van der Waals surface area contributed by atoms with Gasteiger partial charge in [-0.25, -0.2) is 13.8 Å². The van der Waals surface area contributed by atoms with E-state index in [1.807, 2.05) is 0 Å². The molecule has 4 rings (SSSR count). The van der Waals surface area contributed by atoms with Crippen LogP contribution in [-0.2, 0) is 23.1 Å². The zero-order valence-corrected chi connectivity index (χ0v) is 21.4. The first-order chi connectivity index (χ1) is 17.8. The first-order valence-corrected chi connectivity index (χ1v) is 13.0. The predicted molar refractivity (Wildman–Crippen MR) is 141 cm³/mol. The topological polar surface area (TPSA) is 101 Å². The van der Waals surface area contributed by atoms with Crippen molar-refractivity contribution < 1.29 is 22.4 Å². The molecule has 0 aliphatic heterocycles. The first-order valence-electron chi connectivity index (χ1n) is 11.2. The minimum Gasteiger partial charge on any atom is -0.497 e. The van der Waals surface area contributed by atoms with Crippen LogP contribution in [0.3, 0.4) is 0 Å². The van der Waals surface area contributed by atoms with Gasteiger partial charge in [-0.15, -0.1) is 0 Å². The number of sulfonamides is 1. The molecule has 1 heterocycles. The fourth-order valence-electron chi connectivity index (χ4n) is 3.44. The van der Waals surface area contributed by atoms with Gasteiger partial charge in [0.25, 0.3) is 5.91 Å². The van der Waals surface area contributed by atoms with Gasteiger partial charge in [0.15, 0.2) is 0 Å². The predicted octanol–water partition coefficient (Wildman–Crippen LogP) is 5.10. The zero-order valence-electron chi connectivity index (χ0n) is 19.9. The second-order valence-corrected chi connectivity index (χ2v) is 10.3. The highest BCUT2D eigenvalue weighted by molar-refractivity contribution is 7.89. The van der Waals surface area contributed by atoms with Gasteiger partial charge in [0.05, 0.1) is 24.8 Å². The van der Waals surface area contributed by atoms with Crippen molar-refractivity contribution in [3.05, 3.63) is 119 Å². The second-order valence-electron chi connectivity index (χ2n) is 7.94. The smallest absolute Gasteiger partial charge is 0.271 e. The Morgan fingerprint density at radius 3 is 2.35 bits per heavy atom. The summed E-state index contributed by atoms with van der Waals surface area (Å²) in [6.07, 6.45) is 1.35. The summed E-state index contributed by atoms with van der Waals surface area (Å²) in [6.45, 7) is 0.113. The van der Waals surface area contributed by atoms with Crippen LogP contribution in [0.5, 0.6) is 5.75 Å². The second kappa shape index (κ2) is 11.9. The summed E-state index contributed by atoms with van der Waals surface area (Å²) in [5, 5.41) is 4.50. The molecule has 0 bridgehead atoms. The number of amides is 1. The maximum Gasteiger partial charge on any atom is 0.271 e. The average molecular weight is 538 g/mol. The van der Waals surface area contributed by atoms with Crippen LogP contribution in [-0.4, -0.2) is 32.0 Å². The fraction of sp³-hybridized carbons (Fsp3) is 0.111. The van der Waals surface area contributed by atoms with Crippen LogP contribution in [0.2, 0.25) is 5.02 Å². The van der Waals surface area contributed by atoms with E-state index in [2.05, 4.69) is 10.5 Å². The van der Waals surface area contributed by atoms with E-state index in [1.54, 1.807) is 98.1 Å². The van der Waals surface area contributed by atoms with E-state index in [0.29, 0.717) is 27.9 Å². The highest BCUT2D eigenvalue weighted by Gasteiger charge is 2.26. The number of halogens is 1. The number of carbonyl (C=O) groups is 1. The SMILES string of the molecule is COc1ccc(C(=O)N/N=C\c2ccc(CN(Cc3ccc(Cl)cc3)S(=O)(=O)c3ccccc3)o2)cc1. The van der Waals surface area contributed by atoms with Crippen LogP contribution >= 0.6 is 11.6 Å². The van der Waals surface area contributed by atoms with Crippen LogP contribution < -0.4 is 10.2 Å². The molecule has 0 fully saturated rings. The van der Waals surface area contributed by atoms with E-state index in [9.17, 15) is 13.2 Å². The maximum atomic E-state index is 13.4. The van der Waals surface area contributed by atoms with Crippen molar-refractivity contribution in [3.63, 3.8) is 0 Å². The van der Waals surface area contributed by atoms with Crippen LogP contribution in [0.15, 0.2) is 105 Å². The number of benzene rings is 3. The minimum absolute atomic E-state index is 0.00803. The molecular formula is C27H24ClN3O5S. The lowest BCUT2D eigenvalue weighted by molar-refractivity contribution is 0.0955. The number of rotatable bonds is 10. The number of hydrazone groups is 1. The summed E-state index contributed by atoms with van der Waals surface area (Å²) >= 11 is 5.98. The van der Waals surface area contributed by atoms with Crippen LogP contribution in [0.25, 0.3) is 0 Å². The van der Waals surface area contributed by atoms with E-state index in [-0.39, 0.29) is 18.0 Å². The van der Waals surface area contributed by atoms with Crippen molar-refractivity contribution in [2.24, 2.45) is 5.10 Å². The van der Waals surface area contributed by atoms with E-state index in [4.69, 9.17) is 20.8 Å². The molecule has 37 heavy (non-hydrogen) atoms. The van der Waals surface area contributed by atoms with Gasteiger partial charge in [-0.2, -0.15) is 9.41 Å². The number of nitrogens with zero attached hydrogens (tertiary/aromatic N) is 2. The lowest BCUT2D eigenvalue weighted by atomic mass is 10.2. The number of hydrogen-bond acceptors (Lipinski definition) is 6. The van der Waals surface area contributed by atoms with Crippen molar-refractivity contribution in [1.29, 1.82) is 0 Å². The van der Waals surface area contributed by atoms with Gasteiger partial charge in [0.1, 0.15) is 17.3 Å². The highest BCUT2D eigenvalue weighted by Crippen LogP contribution is 2.22. The van der Waals surface area contributed by atoms with Crippen molar-refractivity contribution >= 4 is 33.7 Å². The normalized spacial score (nSPS) is 11.6. The van der Waals surface area contributed by atoms with Gasteiger partial charge in [0.2, 0.25) is 10.0 Å². The summed E-state index contributed by atoms with van der Waals surface area (Å²) in [5.74, 6) is 1.02.